The van der Waals surface area contributed by atoms with Crippen LogP contribution in [0.3, 0.4) is 0 Å². The summed E-state index contributed by atoms with van der Waals surface area (Å²) in [5.41, 5.74) is -0.485. The van der Waals surface area contributed by atoms with Crippen LogP contribution < -0.4 is 15.6 Å². The molecule has 0 aliphatic carbocycles. The molecule has 6 nitrogen and oxygen atoms in total. The first-order valence-electron chi connectivity index (χ1n) is 11.6. The summed E-state index contributed by atoms with van der Waals surface area (Å²) >= 11 is 18.4. The SMILES string of the molecule is O=C1c2cc(Cl)ccc2OCC1(Cc1coc2ccc(Cl)cc2c1=O)Cc1coc2ccc(Cl)cc2c1=O. The highest BCUT2D eigenvalue weighted by molar-refractivity contribution is 6.32. The lowest BCUT2D eigenvalue weighted by atomic mass is 9.71. The predicted molar refractivity (Wildman–Crippen MR) is 146 cm³/mol. The molecule has 9 heteroatoms. The number of carbonyl (C=O) groups is 1. The third-order valence-electron chi connectivity index (χ3n) is 6.84. The molecule has 0 fully saturated rings. The molecule has 1 aliphatic heterocycles. The van der Waals surface area contributed by atoms with E-state index in [-0.39, 0.29) is 63.6 Å². The molecule has 5 aromatic rings. The normalized spacial score (nSPS) is 14.4. The fourth-order valence-corrected chi connectivity index (χ4v) is 5.47. The van der Waals surface area contributed by atoms with Crippen molar-refractivity contribution in [2.45, 2.75) is 12.8 Å². The van der Waals surface area contributed by atoms with E-state index in [2.05, 4.69) is 0 Å². The number of ketones is 1. The number of rotatable bonds is 4. The van der Waals surface area contributed by atoms with Crippen LogP contribution >= 0.6 is 34.8 Å². The van der Waals surface area contributed by atoms with Gasteiger partial charge in [-0.05, 0) is 67.4 Å². The first-order valence-corrected chi connectivity index (χ1v) is 12.7. The van der Waals surface area contributed by atoms with Gasteiger partial charge in [-0.25, -0.2) is 0 Å². The van der Waals surface area contributed by atoms with E-state index in [9.17, 15) is 14.4 Å². The second kappa shape index (κ2) is 9.31. The van der Waals surface area contributed by atoms with Crippen LogP contribution in [0.25, 0.3) is 21.9 Å². The van der Waals surface area contributed by atoms with Crippen molar-refractivity contribution in [2.75, 3.05) is 6.61 Å². The molecule has 0 saturated carbocycles. The van der Waals surface area contributed by atoms with E-state index < -0.39 is 5.41 Å². The lowest BCUT2D eigenvalue weighted by Crippen LogP contribution is -2.46. The molecular weight excluding hydrogens is 551 g/mol. The van der Waals surface area contributed by atoms with Gasteiger partial charge >= 0.3 is 0 Å². The van der Waals surface area contributed by atoms with Crippen molar-refractivity contribution in [1.82, 2.24) is 0 Å². The summed E-state index contributed by atoms with van der Waals surface area (Å²) in [6.07, 6.45) is 2.55. The Balaban J connectivity index is 1.51. The second-order valence-corrected chi connectivity index (χ2v) is 10.7. The third kappa shape index (κ3) is 4.19. The highest BCUT2D eigenvalue weighted by atomic mass is 35.5. The van der Waals surface area contributed by atoms with Gasteiger partial charge in [-0.3, -0.25) is 14.4 Å². The molecule has 0 N–H and O–H groups in total. The van der Waals surface area contributed by atoms with Crippen molar-refractivity contribution in [2.24, 2.45) is 5.41 Å². The highest BCUT2D eigenvalue weighted by Crippen LogP contribution is 2.40. The van der Waals surface area contributed by atoms with Gasteiger partial charge in [0, 0.05) is 26.2 Å². The zero-order valence-electron chi connectivity index (χ0n) is 19.6. The molecule has 1 aliphatic rings. The monoisotopic (exact) mass is 566 g/mol. The van der Waals surface area contributed by atoms with Gasteiger partial charge in [0.2, 0.25) is 0 Å². The summed E-state index contributed by atoms with van der Waals surface area (Å²) in [5.74, 6) is 0.0714. The number of ether oxygens (including phenoxy) is 1. The van der Waals surface area contributed by atoms with Crippen molar-refractivity contribution < 1.29 is 18.4 Å². The Morgan fingerprint density at radius 2 is 1.18 bits per heavy atom. The Morgan fingerprint density at radius 1 is 0.684 bits per heavy atom. The number of hydrogen-bond acceptors (Lipinski definition) is 6. The van der Waals surface area contributed by atoms with Gasteiger partial charge < -0.3 is 13.6 Å². The number of carbonyl (C=O) groups excluding carboxylic acids is 1. The minimum atomic E-state index is -1.33. The maximum absolute atomic E-state index is 14.1. The third-order valence-corrected chi connectivity index (χ3v) is 7.55. The van der Waals surface area contributed by atoms with Gasteiger partial charge in [0.1, 0.15) is 23.5 Å². The molecule has 6 rings (SSSR count). The van der Waals surface area contributed by atoms with Crippen LogP contribution in [0.15, 0.2) is 85.5 Å². The van der Waals surface area contributed by atoms with Crippen LogP contribution in [0.1, 0.15) is 21.5 Å². The molecule has 0 atom stereocenters. The van der Waals surface area contributed by atoms with Crippen LogP contribution in [-0.2, 0) is 12.8 Å². The first kappa shape index (κ1) is 24.7. The summed E-state index contributed by atoms with van der Waals surface area (Å²) in [6.45, 7) is -0.0828. The second-order valence-electron chi connectivity index (χ2n) is 9.35. The van der Waals surface area contributed by atoms with Gasteiger partial charge in [-0.2, -0.15) is 0 Å². The Hall–Kier alpha value is -3.58. The van der Waals surface area contributed by atoms with E-state index >= 15 is 0 Å². The molecule has 2 aromatic heterocycles. The van der Waals surface area contributed by atoms with Crippen LogP contribution in [0.5, 0.6) is 5.75 Å². The smallest absolute Gasteiger partial charge is 0.195 e. The van der Waals surface area contributed by atoms with Crippen LogP contribution in [-0.4, -0.2) is 12.4 Å². The first-order chi connectivity index (χ1) is 18.2. The molecule has 0 spiro atoms. The fourth-order valence-electron chi connectivity index (χ4n) is 4.96. The lowest BCUT2D eigenvalue weighted by molar-refractivity contribution is 0.0600. The quantitative estimate of drug-likeness (QED) is 0.235. The Labute approximate surface area is 230 Å². The van der Waals surface area contributed by atoms with Gasteiger partial charge in [0.15, 0.2) is 16.6 Å². The van der Waals surface area contributed by atoms with Crippen molar-refractivity contribution in [3.8, 4) is 5.75 Å². The van der Waals surface area contributed by atoms with Gasteiger partial charge in [0.25, 0.3) is 0 Å². The fraction of sp³-hybridized carbons (Fsp3) is 0.138. The predicted octanol–water partition coefficient (Wildman–Crippen LogP) is 6.91. The molecule has 0 saturated heterocycles. The molecular formula is C29H17Cl3O6. The van der Waals surface area contributed by atoms with E-state index in [1.54, 1.807) is 36.4 Å². The number of halogens is 3. The Bertz CT molecular complexity index is 1790. The molecule has 3 heterocycles. The number of fused-ring (bicyclic) bond motifs is 3. The summed E-state index contributed by atoms with van der Waals surface area (Å²) < 4.78 is 17.4. The molecule has 0 bridgehead atoms. The number of Topliss-reactive ketones (excluding diaryl/α,β-unsaturated/α-hetero) is 1. The van der Waals surface area contributed by atoms with E-state index in [1.807, 2.05) is 0 Å². The molecule has 38 heavy (non-hydrogen) atoms. The zero-order chi connectivity index (χ0) is 26.6. The molecule has 0 amide bonds. The van der Waals surface area contributed by atoms with Crippen LogP contribution in [0.2, 0.25) is 15.1 Å². The summed E-state index contributed by atoms with van der Waals surface area (Å²) in [4.78, 5) is 41.0. The van der Waals surface area contributed by atoms with E-state index in [1.165, 1.54) is 30.7 Å². The minimum Gasteiger partial charge on any atom is -0.492 e. The average molecular weight is 568 g/mol. The van der Waals surface area contributed by atoms with Gasteiger partial charge in [-0.15, -0.1) is 0 Å². The lowest BCUT2D eigenvalue weighted by Gasteiger charge is -2.36. The van der Waals surface area contributed by atoms with Crippen molar-refractivity contribution in [3.05, 3.63) is 119 Å². The number of hydrogen-bond donors (Lipinski definition) is 0. The van der Waals surface area contributed by atoms with Crippen molar-refractivity contribution in [1.29, 1.82) is 0 Å². The van der Waals surface area contributed by atoms with E-state index in [4.69, 9.17) is 48.4 Å². The molecule has 190 valence electrons. The van der Waals surface area contributed by atoms with Crippen molar-refractivity contribution in [3.63, 3.8) is 0 Å². The minimum absolute atomic E-state index is 0.0599. The topological polar surface area (TPSA) is 86.7 Å². The van der Waals surface area contributed by atoms with E-state index in [0.29, 0.717) is 32.0 Å². The van der Waals surface area contributed by atoms with Gasteiger partial charge in [0.05, 0.1) is 34.3 Å². The summed E-state index contributed by atoms with van der Waals surface area (Å²) in [5, 5.41) is 1.70. The maximum Gasteiger partial charge on any atom is 0.195 e. The van der Waals surface area contributed by atoms with Crippen LogP contribution in [0, 0.1) is 5.41 Å². The zero-order valence-corrected chi connectivity index (χ0v) is 21.8. The number of benzene rings is 3. The van der Waals surface area contributed by atoms with Crippen LogP contribution in [0.4, 0.5) is 0 Å². The maximum atomic E-state index is 14.1. The molecule has 0 radical (unpaired) electrons. The largest absolute Gasteiger partial charge is 0.492 e. The van der Waals surface area contributed by atoms with Crippen molar-refractivity contribution >= 4 is 62.5 Å². The summed E-state index contributed by atoms with van der Waals surface area (Å²) in [7, 11) is 0. The Kier molecular flexibility index (Phi) is 6.06. The van der Waals surface area contributed by atoms with E-state index in [0.717, 1.165) is 0 Å². The molecule has 3 aromatic carbocycles. The standard InChI is InChI=1S/C29H17Cl3O6/c30-17-1-4-23-20(7-17)26(33)15(12-36-23)10-29(14-38-25-6-3-19(32)9-22(25)28(29)35)11-16-13-37-24-5-2-18(31)8-21(24)27(16)34/h1-9,12-13H,10-11,14H2. The highest BCUT2D eigenvalue weighted by Gasteiger charge is 2.45. The van der Waals surface area contributed by atoms with Gasteiger partial charge in [-0.1, -0.05) is 34.8 Å². The molecule has 0 unspecified atom stereocenters. The average Bonchev–Trinajstić information content (AvgIpc) is 2.90. The Morgan fingerprint density at radius 3 is 1.74 bits per heavy atom. The summed E-state index contributed by atoms with van der Waals surface area (Å²) in [6, 6.07) is 14.3.